The second-order valence-corrected chi connectivity index (χ2v) is 6.53. The minimum Gasteiger partial charge on any atom is -0.335 e. The number of benzene rings is 2. The largest absolute Gasteiger partial charge is 0.335 e. The van der Waals surface area contributed by atoms with Crippen LogP contribution in [0.4, 0.5) is 5.69 Å². The molecule has 1 unspecified atom stereocenters. The highest BCUT2D eigenvalue weighted by Gasteiger charge is 2.19. The van der Waals surface area contributed by atoms with Gasteiger partial charge in [-0.2, -0.15) is 0 Å². The molecule has 0 aliphatic rings. The van der Waals surface area contributed by atoms with Gasteiger partial charge < -0.3 is 16.0 Å². The Kier molecular flexibility index (Phi) is 9.29. The predicted molar refractivity (Wildman–Crippen MR) is 112 cm³/mol. The Bertz CT molecular complexity index is 769. The van der Waals surface area contributed by atoms with E-state index in [0.29, 0.717) is 29.4 Å². The van der Waals surface area contributed by atoms with Crippen molar-refractivity contribution in [3.05, 3.63) is 64.7 Å². The highest BCUT2D eigenvalue weighted by Crippen LogP contribution is 2.23. The maximum atomic E-state index is 12.9. The Labute approximate surface area is 171 Å². The average Bonchev–Trinajstić information content (AvgIpc) is 2.67. The molecule has 0 fully saturated rings. The van der Waals surface area contributed by atoms with Crippen LogP contribution in [-0.4, -0.2) is 29.8 Å². The fourth-order valence-corrected chi connectivity index (χ4v) is 2.64. The molecule has 0 saturated carbocycles. The third-order valence-electron chi connectivity index (χ3n) is 4.15. The van der Waals surface area contributed by atoms with Gasteiger partial charge in [-0.1, -0.05) is 48.9 Å². The third-order valence-corrected chi connectivity index (χ3v) is 4.48. The van der Waals surface area contributed by atoms with Crippen LogP contribution >= 0.6 is 24.0 Å². The molecule has 0 heterocycles. The number of amides is 2. The van der Waals surface area contributed by atoms with Crippen molar-refractivity contribution >= 4 is 41.5 Å². The molecule has 0 aromatic heterocycles. The van der Waals surface area contributed by atoms with Gasteiger partial charge in [0, 0.05) is 31.2 Å². The smallest absolute Gasteiger partial charge is 0.255 e. The molecule has 0 saturated heterocycles. The number of halogens is 2. The number of nitrogens with one attached hydrogen (secondary N) is 1. The SMILES string of the molecule is CCN(Cc1ccccc1)C(=O)c1cc(NC(=O)C(C)CN)ccc1Cl.Cl. The fourth-order valence-electron chi connectivity index (χ4n) is 2.44. The minimum absolute atomic E-state index is 0. The van der Waals surface area contributed by atoms with E-state index in [-0.39, 0.29) is 36.7 Å². The van der Waals surface area contributed by atoms with Crippen LogP contribution in [0.3, 0.4) is 0 Å². The molecule has 0 aliphatic heterocycles. The summed E-state index contributed by atoms with van der Waals surface area (Å²) in [6, 6.07) is 14.7. The first-order valence-corrected chi connectivity index (χ1v) is 8.97. The van der Waals surface area contributed by atoms with Gasteiger partial charge in [-0.15, -0.1) is 12.4 Å². The molecule has 0 radical (unpaired) electrons. The summed E-state index contributed by atoms with van der Waals surface area (Å²) in [4.78, 5) is 26.7. The Morgan fingerprint density at radius 1 is 1.19 bits per heavy atom. The van der Waals surface area contributed by atoms with E-state index in [1.165, 1.54) is 0 Å². The van der Waals surface area contributed by atoms with E-state index >= 15 is 0 Å². The van der Waals surface area contributed by atoms with Crippen LogP contribution in [-0.2, 0) is 11.3 Å². The van der Waals surface area contributed by atoms with Crippen LogP contribution in [0.2, 0.25) is 5.02 Å². The number of rotatable bonds is 7. The van der Waals surface area contributed by atoms with Gasteiger partial charge in [0.25, 0.3) is 5.91 Å². The number of carbonyl (C=O) groups is 2. The molecule has 7 heteroatoms. The van der Waals surface area contributed by atoms with E-state index in [1.807, 2.05) is 37.3 Å². The van der Waals surface area contributed by atoms with Crippen molar-refractivity contribution in [1.82, 2.24) is 4.90 Å². The van der Waals surface area contributed by atoms with Crippen molar-refractivity contribution < 1.29 is 9.59 Å². The molecule has 2 aromatic carbocycles. The van der Waals surface area contributed by atoms with E-state index in [1.54, 1.807) is 30.0 Å². The van der Waals surface area contributed by atoms with Crippen molar-refractivity contribution in [2.45, 2.75) is 20.4 Å². The van der Waals surface area contributed by atoms with Crippen LogP contribution in [0.1, 0.15) is 29.8 Å². The molecule has 2 rings (SSSR count). The maximum absolute atomic E-state index is 12.9. The molecule has 0 bridgehead atoms. The number of nitrogens with two attached hydrogens (primary N) is 1. The van der Waals surface area contributed by atoms with E-state index in [4.69, 9.17) is 17.3 Å². The number of nitrogens with zero attached hydrogens (tertiary/aromatic N) is 1. The first-order chi connectivity index (χ1) is 12.5. The van der Waals surface area contributed by atoms with E-state index in [0.717, 1.165) is 5.56 Å². The lowest BCUT2D eigenvalue weighted by Crippen LogP contribution is -2.31. The maximum Gasteiger partial charge on any atom is 0.255 e. The molecule has 27 heavy (non-hydrogen) atoms. The first kappa shape index (κ1) is 23.0. The third kappa shape index (κ3) is 6.24. The summed E-state index contributed by atoms with van der Waals surface area (Å²) in [6.07, 6.45) is 0. The summed E-state index contributed by atoms with van der Waals surface area (Å²) in [5, 5.41) is 3.13. The highest BCUT2D eigenvalue weighted by molar-refractivity contribution is 6.34. The second-order valence-electron chi connectivity index (χ2n) is 6.13. The lowest BCUT2D eigenvalue weighted by molar-refractivity contribution is -0.119. The van der Waals surface area contributed by atoms with Crippen LogP contribution in [0.25, 0.3) is 0 Å². The molecule has 1 atom stereocenters. The normalized spacial score (nSPS) is 11.3. The summed E-state index contributed by atoms with van der Waals surface area (Å²) >= 11 is 6.24. The van der Waals surface area contributed by atoms with Crippen molar-refractivity contribution in [1.29, 1.82) is 0 Å². The van der Waals surface area contributed by atoms with E-state index < -0.39 is 0 Å². The number of anilines is 1. The topological polar surface area (TPSA) is 75.4 Å². The summed E-state index contributed by atoms with van der Waals surface area (Å²) in [5.74, 6) is -0.677. The molecule has 2 aromatic rings. The summed E-state index contributed by atoms with van der Waals surface area (Å²) in [5.41, 5.74) is 7.45. The van der Waals surface area contributed by atoms with Gasteiger partial charge in [0.05, 0.1) is 10.6 Å². The number of carbonyl (C=O) groups excluding carboxylic acids is 2. The van der Waals surface area contributed by atoms with Crippen LogP contribution < -0.4 is 11.1 Å². The quantitative estimate of drug-likeness (QED) is 0.726. The van der Waals surface area contributed by atoms with Gasteiger partial charge in [-0.3, -0.25) is 9.59 Å². The van der Waals surface area contributed by atoms with Gasteiger partial charge in [0.15, 0.2) is 0 Å². The number of hydrogen-bond acceptors (Lipinski definition) is 3. The summed E-state index contributed by atoms with van der Waals surface area (Å²) in [6.45, 7) is 4.96. The highest BCUT2D eigenvalue weighted by atomic mass is 35.5. The van der Waals surface area contributed by atoms with Gasteiger partial charge in [-0.25, -0.2) is 0 Å². The van der Waals surface area contributed by atoms with Crippen molar-refractivity contribution in [3.63, 3.8) is 0 Å². The van der Waals surface area contributed by atoms with Gasteiger partial charge in [0.2, 0.25) is 5.91 Å². The average molecular weight is 410 g/mol. The van der Waals surface area contributed by atoms with Crippen molar-refractivity contribution in [2.24, 2.45) is 11.7 Å². The van der Waals surface area contributed by atoms with Gasteiger partial charge >= 0.3 is 0 Å². The molecular formula is C20H25Cl2N3O2. The fraction of sp³-hybridized carbons (Fsp3) is 0.300. The summed E-state index contributed by atoms with van der Waals surface area (Å²) < 4.78 is 0. The van der Waals surface area contributed by atoms with Crippen molar-refractivity contribution in [2.75, 3.05) is 18.4 Å². The summed E-state index contributed by atoms with van der Waals surface area (Å²) in [7, 11) is 0. The van der Waals surface area contributed by atoms with Crippen LogP contribution in [0.15, 0.2) is 48.5 Å². The Morgan fingerprint density at radius 2 is 1.85 bits per heavy atom. The van der Waals surface area contributed by atoms with Crippen molar-refractivity contribution in [3.8, 4) is 0 Å². The van der Waals surface area contributed by atoms with E-state index in [9.17, 15) is 9.59 Å². The Balaban J connectivity index is 0.00000364. The second kappa shape index (κ2) is 10.9. The molecule has 146 valence electrons. The zero-order valence-corrected chi connectivity index (χ0v) is 17.0. The molecule has 5 nitrogen and oxygen atoms in total. The predicted octanol–water partition coefficient (Wildman–Crippen LogP) is 3.96. The zero-order chi connectivity index (χ0) is 19.1. The monoisotopic (exact) mass is 409 g/mol. The molecule has 0 spiro atoms. The molecule has 0 aliphatic carbocycles. The lowest BCUT2D eigenvalue weighted by Gasteiger charge is -2.22. The van der Waals surface area contributed by atoms with Gasteiger partial charge in [0.1, 0.15) is 0 Å². The zero-order valence-electron chi connectivity index (χ0n) is 15.4. The molecule has 3 N–H and O–H groups in total. The van der Waals surface area contributed by atoms with Crippen LogP contribution in [0, 0.1) is 5.92 Å². The van der Waals surface area contributed by atoms with E-state index in [2.05, 4.69) is 5.32 Å². The molecule has 2 amide bonds. The molecular weight excluding hydrogens is 385 g/mol. The standard InChI is InChI=1S/C20H24ClN3O2.ClH/c1-3-24(13-15-7-5-4-6-8-15)20(26)17-11-16(9-10-18(17)21)23-19(25)14(2)12-22;/h4-11,14H,3,12-13,22H2,1-2H3,(H,23,25);1H. The first-order valence-electron chi connectivity index (χ1n) is 8.60. The number of hydrogen-bond donors (Lipinski definition) is 2. The Hall–Kier alpha value is -2.08. The van der Waals surface area contributed by atoms with Crippen LogP contribution in [0.5, 0.6) is 0 Å². The Morgan fingerprint density at radius 3 is 2.44 bits per heavy atom. The minimum atomic E-state index is -0.310. The van der Waals surface area contributed by atoms with Gasteiger partial charge in [-0.05, 0) is 30.7 Å². The lowest BCUT2D eigenvalue weighted by atomic mass is 10.1.